The fourth-order valence-electron chi connectivity index (χ4n) is 2.10. The van der Waals surface area contributed by atoms with Crippen molar-refractivity contribution in [3.05, 3.63) is 45.5 Å². The Labute approximate surface area is 139 Å². The van der Waals surface area contributed by atoms with Gasteiger partial charge in [0, 0.05) is 11.5 Å². The van der Waals surface area contributed by atoms with Crippen LogP contribution in [0.1, 0.15) is 5.56 Å². The van der Waals surface area contributed by atoms with Gasteiger partial charge >= 0.3 is 0 Å². The van der Waals surface area contributed by atoms with Crippen LogP contribution in [0.15, 0.2) is 39.5 Å². The molecular formula is C14H12N4O3S2. The summed E-state index contributed by atoms with van der Waals surface area (Å²) in [6.45, 7) is 0. The summed E-state index contributed by atoms with van der Waals surface area (Å²) in [6.07, 6.45) is 7.98. The minimum atomic E-state index is -0.441. The molecule has 9 heteroatoms. The Morgan fingerprint density at radius 2 is 2.17 bits per heavy atom. The van der Waals surface area contributed by atoms with Crippen LogP contribution in [0.2, 0.25) is 0 Å². The maximum Gasteiger partial charge on any atom is 0.283 e. The SMILES string of the molecule is COC1=CC(=Cc2c(N)n3c(SC)nsc3nc2=O)C=CC1=O. The molecule has 0 bridgehead atoms. The zero-order valence-corrected chi connectivity index (χ0v) is 13.9. The summed E-state index contributed by atoms with van der Waals surface area (Å²) in [7, 11) is 1.42. The minimum Gasteiger partial charge on any atom is -0.493 e. The van der Waals surface area contributed by atoms with Gasteiger partial charge in [-0.3, -0.25) is 9.59 Å². The topological polar surface area (TPSA) is 99.6 Å². The number of hydrogen-bond acceptors (Lipinski definition) is 8. The van der Waals surface area contributed by atoms with Crippen molar-refractivity contribution < 1.29 is 9.53 Å². The molecule has 0 unspecified atom stereocenters. The van der Waals surface area contributed by atoms with Crippen molar-refractivity contribution in [3.63, 3.8) is 0 Å². The molecule has 0 aromatic carbocycles. The highest BCUT2D eigenvalue weighted by Crippen LogP contribution is 2.24. The number of nitrogen functional groups attached to an aromatic ring is 1. The maximum absolute atomic E-state index is 12.2. The second-order valence-electron chi connectivity index (χ2n) is 4.56. The number of rotatable bonds is 3. The summed E-state index contributed by atoms with van der Waals surface area (Å²) >= 11 is 2.53. The van der Waals surface area contributed by atoms with E-state index >= 15 is 0 Å². The molecule has 2 heterocycles. The first-order valence-electron chi connectivity index (χ1n) is 6.47. The number of allylic oxidation sites excluding steroid dienone is 4. The molecule has 23 heavy (non-hydrogen) atoms. The Morgan fingerprint density at radius 1 is 1.39 bits per heavy atom. The number of fused-ring (bicyclic) bond motifs is 1. The molecule has 0 amide bonds. The van der Waals surface area contributed by atoms with Crippen molar-refractivity contribution in [1.29, 1.82) is 0 Å². The summed E-state index contributed by atoms with van der Waals surface area (Å²) in [5.41, 5.74) is 6.57. The first kappa shape index (κ1) is 15.5. The Bertz CT molecular complexity index is 953. The molecule has 0 aliphatic heterocycles. The lowest BCUT2D eigenvalue weighted by Crippen LogP contribution is -2.16. The number of ether oxygens (including phenoxy) is 1. The number of anilines is 1. The molecule has 2 N–H and O–H groups in total. The first-order valence-corrected chi connectivity index (χ1v) is 8.46. The number of aromatic nitrogens is 3. The van der Waals surface area contributed by atoms with Gasteiger partial charge in [-0.25, -0.2) is 4.40 Å². The van der Waals surface area contributed by atoms with Gasteiger partial charge in [-0.05, 0) is 30.1 Å². The van der Waals surface area contributed by atoms with E-state index in [1.165, 1.54) is 24.9 Å². The van der Waals surface area contributed by atoms with Gasteiger partial charge in [-0.1, -0.05) is 17.8 Å². The number of nitrogens with zero attached hydrogens (tertiary/aromatic N) is 3. The standard InChI is InChI=1S/C14H12N4O3S2/c1-21-10-6-7(3-4-9(10)19)5-8-11(15)18-13(16-12(8)20)23-17-14(18)22-2/h3-6H,15H2,1-2H3. The van der Waals surface area contributed by atoms with E-state index in [0.717, 1.165) is 11.5 Å². The van der Waals surface area contributed by atoms with Crippen LogP contribution in [0.3, 0.4) is 0 Å². The maximum atomic E-state index is 12.2. The van der Waals surface area contributed by atoms with Crippen LogP contribution < -0.4 is 11.3 Å². The van der Waals surface area contributed by atoms with Crippen molar-refractivity contribution in [2.45, 2.75) is 5.16 Å². The van der Waals surface area contributed by atoms with Crippen LogP contribution in [-0.4, -0.2) is 32.9 Å². The molecule has 2 aromatic rings. The molecule has 1 aliphatic rings. The van der Waals surface area contributed by atoms with Crippen molar-refractivity contribution >= 4 is 45.9 Å². The lowest BCUT2D eigenvalue weighted by atomic mass is 10.0. The normalized spacial score (nSPS) is 16.2. The average molecular weight is 348 g/mol. The Kier molecular flexibility index (Phi) is 4.05. The van der Waals surface area contributed by atoms with Crippen molar-refractivity contribution in [2.75, 3.05) is 19.1 Å². The fourth-order valence-corrected chi connectivity index (χ4v) is 3.57. The molecule has 0 radical (unpaired) electrons. The van der Waals surface area contributed by atoms with Gasteiger partial charge in [0.1, 0.15) is 5.82 Å². The number of ketones is 1. The van der Waals surface area contributed by atoms with Gasteiger partial charge in [-0.2, -0.15) is 9.36 Å². The summed E-state index contributed by atoms with van der Waals surface area (Å²) in [5.74, 6) is 0.242. The molecule has 118 valence electrons. The monoisotopic (exact) mass is 348 g/mol. The summed E-state index contributed by atoms with van der Waals surface area (Å²) in [6, 6.07) is 0. The quantitative estimate of drug-likeness (QED) is 0.839. The molecule has 0 saturated carbocycles. The van der Waals surface area contributed by atoms with Crippen LogP contribution in [0.4, 0.5) is 5.82 Å². The molecule has 1 aliphatic carbocycles. The van der Waals surface area contributed by atoms with Crippen LogP contribution in [0.25, 0.3) is 11.0 Å². The lowest BCUT2D eigenvalue weighted by Gasteiger charge is -2.09. The smallest absolute Gasteiger partial charge is 0.283 e. The average Bonchev–Trinajstić information content (AvgIpc) is 2.95. The van der Waals surface area contributed by atoms with E-state index in [9.17, 15) is 9.59 Å². The third kappa shape index (κ3) is 2.68. The van der Waals surface area contributed by atoms with E-state index in [2.05, 4.69) is 9.36 Å². The summed E-state index contributed by atoms with van der Waals surface area (Å²) < 4.78 is 10.9. The summed E-state index contributed by atoms with van der Waals surface area (Å²) in [5, 5.41) is 0.664. The first-order chi connectivity index (χ1) is 11.0. The number of nitrogens with two attached hydrogens (primary N) is 1. The Balaban J connectivity index is 2.19. The van der Waals surface area contributed by atoms with Gasteiger partial charge in [0.2, 0.25) is 10.7 Å². The zero-order chi connectivity index (χ0) is 16.6. The largest absolute Gasteiger partial charge is 0.493 e. The van der Waals surface area contributed by atoms with Crippen molar-refractivity contribution in [2.24, 2.45) is 0 Å². The van der Waals surface area contributed by atoms with E-state index in [0.29, 0.717) is 15.7 Å². The van der Waals surface area contributed by atoms with E-state index < -0.39 is 5.56 Å². The molecular weight excluding hydrogens is 336 g/mol. The van der Waals surface area contributed by atoms with Gasteiger partial charge in [0.25, 0.3) is 5.56 Å². The van der Waals surface area contributed by atoms with E-state index in [1.807, 2.05) is 6.26 Å². The van der Waals surface area contributed by atoms with Gasteiger partial charge in [0.05, 0.1) is 12.7 Å². The molecule has 3 rings (SSSR count). The predicted molar refractivity (Wildman–Crippen MR) is 90.5 cm³/mol. The van der Waals surface area contributed by atoms with Crippen LogP contribution in [0, 0.1) is 0 Å². The van der Waals surface area contributed by atoms with E-state index in [1.54, 1.807) is 22.6 Å². The molecule has 7 nitrogen and oxygen atoms in total. The van der Waals surface area contributed by atoms with Crippen molar-refractivity contribution in [1.82, 2.24) is 13.8 Å². The van der Waals surface area contributed by atoms with Crippen LogP contribution in [-0.2, 0) is 9.53 Å². The highest BCUT2D eigenvalue weighted by molar-refractivity contribution is 7.98. The van der Waals surface area contributed by atoms with Gasteiger partial charge < -0.3 is 10.5 Å². The summed E-state index contributed by atoms with van der Waals surface area (Å²) in [4.78, 5) is 28.2. The van der Waals surface area contributed by atoms with Crippen LogP contribution in [0.5, 0.6) is 0 Å². The highest BCUT2D eigenvalue weighted by atomic mass is 32.2. The number of methoxy groups -OCH3 is 1. The van der Waals surface area contributed by atoms with Gasteiger partial charge in [-0.15, -0.1) is 0 Å². The number of thioether (sulfide) groups is 1. The third-order valence-electron chi connectivity index (χ3n) is 3.21. The molecule has 0 atom stereocenters. The number of carbonyl (C=O) groups is 1. The van der Waals surface area contributed by atoms with Gasteiger partial charge in [0.15, 0.2) is 10.9 Å². The fraction of sp³-hybridized carbons (Fsp3) is 0.143. The highest BCUT2D eigenvalue weighted by Gasteiger charge is 2.16. The third-order valence-corrected chi connectivity index (χ3v) is 4.67. The van der Waals surface area contributed by atoms with E-state index in [4.69, 9.17) is 10.5 Å². The predicted octanol–water partition coefficient (Wildman–Crippen LogP) is 1.51. The second-order valence-corrected chi connectivity index (χ2v) is 6.06. The molecule has 2 aromatic heterocycles. The second kappa shape index (κ2) is 6.01. The lowest BCUT2D eigenvalue weighted by molar-refractivity contribution is -0.114. The number of carbonyl (C=O) groups excluding carboxylic acids is 1. The minimum absolute atomic E-state index is 0.202. The molecule has 0 saturated heterocycles. The van der Waals surface area contributed by atoms with Crippen LogP contribution >= 0.6 is 23.3 Å². The molecule has 0 spiro atoms. The molecule has 0 fully saturated rings. The number of hydrogen-bond donors (Lipinski definition) is 1. The Morgan fingerprint density at radius 3 is 2.87 bits per heavy atom. The zero-order valence-electron chi connectivity index (χ0n) is 12.3. The van der Waals surface area contributed by atoms with E-state index in [-0.39, 0.29) is 22.9 Å². The van der Waals surface area contributed by atoms with Crippen molar-refractivity contribution in [3.8, 4) is 0 Å². The Hall–Kier alpha value is -2.39.